The molecule has 1 aromatic carbocycles. The summed E-state index contributed by atoms with van der Waals surface area (Å²) in [4.78, 5) is 4.10. The number of benzene rings is 1. The van der Waals surface area contributed by atoms with E-state index in [0.717, 1.165) is 16.3 Å². The van der Waals surface area contributed by atoms with Crippen LogP contribution >= 0.6 is 0 Å². The number of hydrogen-bond acceptors (Lipinski definition) is 3. The molecule has 0 radical (unpaired) electrons. The minimum Gasteiger partial charge on any atom is -0.386 e. The second kappa shape index (κ2) is 5.25. The van der Waals surface area contributed by atoms with Gasteiger partial charge in [0.05, 0.1) is 12.7 Å². The molecule has 2 rings (SSSR count). The highest BCUT2D eigenvalue weighted by Crippen LogP contribution is 2.23. The number of aromatic nitrogens is 1. The van der Waals surface area contributed by atoms with E-state index in [0.29, 0.717) is 6.61 Å². The van der Waals surface area contributed by atoms with E-state index in [1.165, 1.54) is 0 Å². The fraction of sp³-hybridized carbons (Fsp3) is 0.357. The molecule has 0 saturated carbocycles. The van der Waals surface area contributed by atoms with Crippen molar-refractivity contribution in [2.24, 2.45) is 0 Å². The molecule has 0 bridgehead atoms. The predicted octanol–water partition coefficient (Wildman–Crippen LogP) is 2.69. The average Bonchev–Trinajstić information content (AvgIpc) is 2.35. The molecule has 0 fully saturated rings. The van der Waals surface area contributed by atoms with Crippen molar-refractivity contribution in [2.45, 2.75) is 26.1 Å². The number of ether oxygens (including phenoxy) is 1. The lowest BCUT2D eigenvalue weighted by molar-refractivity contribution is 0.00549. The summed E-state index contributed by atoms with van der Waals surface area (Å²) >= 11 is 0. The Morgan fingerprint density at radius 3 is 2.88 bits per heavy atom. The van der Waals surface area contributed by atoms with Gasteiger partial charge < -0.3 is 9.84 Å². The first-order valence-corrected chi connectivity index (χ1v) is 5.81. The van der Waals surface area contributed by atoms with Crippen molar-refractivity contribution >= 4 is 10.8 Å². The van der Waals surface area contributed by atoms with Crippen LogP contribution in [0.3, 0.4) is 0 Å². The van der Waals surface area contributed by atoms with E-state index in [2.05, 4.69) is 4.98 Å². The van der Waals surface area contributed by atoms with Gasteiger partial charge in [-0.15, -0.1) is 0 Å². The quantitative estimate of drug-likeness (QED) is 0.879. The maximum Gasteiger partial charge on any atom is 0.103 e. The second-order valence-corrected chi connectivity index (χ2v) is 4.34. The molecule has 2 aromatic rings. The zero-order valence-corrected chi connectivity index (χ0v) is 10.1. The van der Waals surface area contributed by atoms with E-state index < -0.39 is 6.10 Å². The topological polar surface area (TPSA) is 42.4 Å². The van der Waals surface area contributed by atoms with Crippen LogP contribution in [0.5, 0.6) is 0 Å². The summed E-state index contributed by atoms with van der Waals surface area (Å²) in [7, 11) is 0. The van der Waals surface area contributed by atoms with Gasteiger partial charge in [-0.1, -0.05) is 18.2 Å². The van der Waals surface area contributed by atoms with Gasteiger partial charge in [-0.25, -0.2) is 0 Å². The predicted molar refractivity (Wildman–Crippen MR) is 67.8 cm³/mol. The van der Waals surface area contributed by atoms with Crippen molar-refractivity contribution in [1.29, 1.82) is 0 Å². The summed E-state index contributed by atoms with van der Waals surface area (Å²) in [6.07, 6.45) is 3.05. The number of nitrogens with zero attached hydrogens (tertiary/aromatic N) is 1. The van der Waals surface area contributed by atoms with Crippen LogP contribution in [-0.2, 0) is 4.74 Å². The van der Waals surface area contributed by atoms with Crippen molar-refractivity contribution in [1.82, 2.24) is 4.98 Å². The van der Waals surface area contributed by atoms with Crippen LogP contribution in [0, 0.1) is 0 Å². The molecule has 0 aliphatic heterocycles. The van der Waals surface area contributed by atoms with Gasteiger partial charge in [0, 0.05) is 17.8 Å². The van der Waals surface area contributed by atoms with Crippen LogP contribution in [0.25, 0.3) is 10.8 Å². The smallest absolute Gasteiger partial charge is 0.103 e. The summed E-state index contributed by atoms with van der Waals surface area (Å²) in [6, 6.07) is 7.81. The van der Waals surface area contributed by atoms with Crippen LogP contribution in [0.4, 0.5) is 0 Å². The monoisotopic (exact) mass is 231 g/mol. The number of pyridine rings is 1. The van der Waals surface area contributed by atoms with Gasteiger partial charge in [0.1, 0.15) is 6.10 Å². The minimum atomic E-state index is -0.606. The maximum absolute atomic E-state index is 10.1. The molecular formula is C14H17NO2. The standard InChI is InChI=1S/C14H17NO2/c1-10(2)17-9-14(16)12-5-3-4-11-6-7-15-8-13(11)12/h3-8,10,14,16H,9H2,1-2H3. The molecule has 3 nitrogen and oxygen atoms in total. The minimum absolute atomic E-state index is 0.123. The Balaban J connectivity index is 2.28. The molecule has 90 valence electrons. The van der Waals surface area contributed by atoms with Gasteiger partial charge in [-0.3, -0.25) is 4.98 Å². The molecule has 1 atom stereocenters. The van der Waals surface area contributed by atoms with Gasteiger partial charge >= 0.3 is 0 Å². The Morgan fingerprint density at radius 2 is 2.12 bits per heavy atom. The molecular weight excluding hydrogens is 214 g/mol. The highest BCUT2D eigenvalue weighted by molar-refractivity contribution is 5.85. The van der Waals surface area contributed by atoms with Crippen molar-refractivity contribution in [2.75, 3.05) is 6.61 Å². The van der Waals surface area contributed by atoms with Gasteiger partial charge in [-0.2, -0.15) is 0 Å². The number of rotatable bonds is 4. The number of hydrogen-bond donors (Lipinski definition) is 1. The number of aliphatic hydroxyl groups excluding tert-OH is 1. The van der Waals surface area contributed by atoms with E-state index >= 15 is 0 Å². The van der Waals surface area contributed by atoms with E-state index in [4.69, 9.17) is 4.74 Å². The Hall–Kier alpha value is -1.45. The molecule has 0 aliphatic carbocycles. The molecule has 3 heteroatoms. The van der Waals surface area contributed by atoms with E-state index in [-0.39, 0.29) is 6.10 Å². The van der Waals surface area contributed by atoms with Crippen LogP contribution in [-0.4, -0.2) is 22.8 Å². The summed E-state index contributed by atoms with van der Waals surface area (Å²) in [5.41, 5.74) is 0.872. The molecule has 0 amide bonds. The molecule has 1 aromatic heterocycles. The van der Waals surface area contributed by atoms with Crippen molar-refractivity contribution in [3.63, 3.8) is 0 Å². The van der Waals surface area contributed by atoms with Gasteiger partial charge in [0.2, 0.25) is 0 Å². The number of fused-ring (bicyclic) bond motifs is 1. The largest absolute Gasteiger partial charge is 0.386 e. The molecule has 1 N–H and O–H groups in total. The molecule has 1 unspecified atom stereocenters. The van der Waals surface area contributed by atoms with Crippen LogP contribution in [0.2, 0.25) is 0 Å². The van der Waals surface area contributed by atoms with Crippen LogP contribution < -0.4 is 0 Å². The third-order valence-corrected chi connectivity index (χ3v) is 2.66. The lowest BCUT2D eigenvalue weighted by Crippen LogP contribution is -2.12. The average molecular weight is 231 g/mol. The molecule has 0 saturated heterocycles. The van der Waals surface area contributed by atoms with Crippen molar-refractivity contribution in [3.05, 3.63) is 42.2 Å². The van der Waals surface area contributed by atoms with Gasteiger partial charge in [0.25, 0.3) is 0 Å². The Labute approximate surface area is 101 Å². The van der Waals surface area contributed by atoms with Gasteiger partial charge in [-0.05, 0) is 30.9 Å². The first kappa shape index (κ1) is 12.0. The van der Waals surface area contributed by atoms with E-state index in [1.807, 2.05) is 38.1 Å². The molecule has 0 spiro atoms. The number of aliphatic hydroxyl groups is 1. The highest BCUT2D eigenvalue weighted by Gasteiger charge is 2.11. The summed E-state index contributed by atoms with van der Waals surface area (Å²) in [5, 5.41) is 12.2. The first-order valence-electron chi connectivity index (χ1n) is 5.81. The zero-order chi connectivity index (χ0) is 12.3. The van der Waals surface area contributed by atoms with Crippen LogP contribution in [0.15, 0.2) is 36.7 Å². The highest BCUT2D eigenvalue weighted by atomic mass is 16.5. The lowest BCUT2D eigenvalue weighted by atomic mass is 10.0. The fourth-order valence-electron chi connectivity index (χ4n) is 1.80. The molecule has 17 heavy (non-hydrogen) atoms. The SMILES string of the molecule is CC(C)OCC(O)c1cccc2ccncc12. The third kappa shape index (κ3) is 2.81. The Morgan fingerprint density at radius 1 is 1.29 bits per heavy atom. The van der Waals surface area contributed by atoms with Crippen molar-refractivity contribution in [3.8, 4) is 0 Å². The summed E-state index contributed by atoms with van der Waals surface area (Å²) in [6.45, 7) is 4.22. The second-order valence-electron chi connectivity index (χ2n) is 4.34. The molecule has 1 heterocycles. The van der Waals surface area contributed by atoms with Crippen LogP contribution in [0.1, 0.15) is 25.5 Å². The third-order valence-electron chi connectivity index (χ3n) is 2.66. The van der Waals surface area contributed by atoms with Crippen molar-refractivity contribution < 1.29 is 9.84 Å². The Kier molecular flexibility index (Phi) is 3.71. The summed E-state index contributed by atoms with van der Waals surface area (Å²) in [5.74, 6) is 0. The van der Waals surface area contributed by atoms with Gasteiger partial charge in [0.15, 0.2) is 0 Å². The van der Waals surface area contributed by atoms with E-state index in [9.17, 15) is 5.11 Å². The first-order chi connectivity index (χ1) is 8.18. The Bertz CT molecular complexity index is 491. The fourth-order valence-corrected chi connectivity index (χ4v) is 1.80. The normalized spacial score (nSPS) is 13.2. The molecule has 0 aliphatic rings. The summed E-state index contributed by atoms with van der Waals surface area (Å²) < 4.78 is 5.44. The maximum atomic E-state index is 10.1. The van der Waals surface area contributed by atoms with E-state index in [1.54, 1.807) is 12.4 Å². The zero-order valence-electron chi connectivity index (χ0n) is 10.1. The lowest BCUT2D eigenvalue weighted by Gasteiger charge is -2.15.